The summed E-state index contributed by atoms with van der Waals surface area (Å²) in [7, 11) is 0. The summed E-state index contributed by atoms with van der Waals surface area (Å²) in [4.78, 5) is 2.40. The Morgan fingerprint density at radius 2 is 1.75 bits per heavy atom. The molecule has 0 aromatic heterocycles. The minimum atomic E-state index is -0.811. The van der Waals surface area contributed by atoms with Crippen LogP contribution in [0.25, 0.3) is 0 Å². The van der Waals surface area contributed by atoms with Crippen LogP contribution >= 0.6 is 0 Å². The van der Waals surface area contributed by atoms with E-state index in [0.717, 1.165) is 38.4 Å². The first-order valence-corrected chi connectivity index (χ1v) is 8.25. The third kappa shape index (κ3) is 4.38. The molecule has 2 aromatic rings. The van der Waals surface area contributed by atoms with Gasteiger partial charge in [0.2, 0.25) is 0 Å². The lowest BCUT2D eigenvalue weighted by Gasteiger charge is -2.35. The van der Waals surface area contributed by atoms with Gasteiger partial charge in [-0.2, -0.15) is 0 Å². The van der Waals surface area contributed by atoms with E-state index in [2.05, 4.69) is 22.3 Å². The fraction of sp³-hybridized carbons (Fsp3) is 0.368. The van der Waals surface area contributed by atoms with E-state index in [-0.39, 0.29) is 6.04 Å². The van der Waals surface area contributed by atoms with Crippen molar-refractivity contribution >= 4 is 0 Å². The monoisotopic (exact) mass is 332 g/mol. The van der Waals surface area contributed by atoms with Crippen LogP contribution in [0.5, 0.6) is 0 Å². The first-order valence-electron chi connectivity index (χ1n) is 8.25. The van der Waals surface area contributed by atoms with Crippen LogP contribution in [-0.2, 0) is 11.3 Å². The van der Waals surface area contributed by atoms with E-state index in [1.165, 1.54) is 17.7 Å². The predicted molar refractivity (Wildman–Crippen MR) is 89.6 cm³/mol. The first kappa shape index (κ1) is 17.0. The number of benzene rings is 2. The van der Waals surface area contributed by atoms with Crippen molar-refractivity contribution in [3.8, 4) is 0 Å². The van der Waals surface area contributed by atoms with Gasteiger partial charge in [0, 0.05) is 32.2 Å². The fourth-order valence-corrected chi connectivity index (χ4v) is 3.02. The van der Waals surface area contributed by atoms with E-state index in [4.69, 9.17) is 4.74 Å². The molecule has 1 heterocycles. The number of morpholine rings is 1. The molecule has 1 unspecified atom stereocenters. The molecule has 128 valence electrons. The molecule has 0 saturated carbocycles. The highest BCUT2D eigenvalue weighted by atomic mass is 19.2. The molecule has 0 aliphatic carbocycles. The first-order chi connectivity index (χ1) is 11.7. The average Bonchev–Trinajstić information content (AvgIpc) is 2.63. The van der Waals surface area contributed by atoms with E-state index in [9.17, 15) is 8.78 Å². The molecule has 0 radical (unpaired) electrons. The van der Waals surface area contributed by atoms with Gasteiger partial charge in [-0.3, -0.25) is 4.90 Å². The lowest BCUT2D eigenvalue weighted by molar-refractivity contribution is 0.0161. The van der Waals surface area contributed by atoms with Crippen molar-refractivity contribution in [3.63, 3.8) is 0 Å². The number of ether oxygens (including phenoxy) is 1. The Bertz CT molecular complexity index is 645. The Morgan fingerprint density at radius 1 is 1.00 bits per heavy atom. The van der Waals surface area contributed by atoms with Gasteiger partial charge in [0.1, 0.15) is 0 Å². The van der Waals surface area contributed by atoms with E-state index in [1.807, 2.05) is 18.2 Å². The van der Waals surface area contributed by atoms with Crippen LogP contribution in [0.1, 0.15) is 17.2 Å². The SMILES string of the molecule is Fc1ccc(CNCC(c2ccccc2)N2CCOCC2)cc1F. The molecule has 0 amide bonds. The second-order valence-electron chi connectivity index (χ2n) is 5.95. The Balaban J connectivity index is 1.64. The number of hydrogen-bond donors (Lipinski definition) is 1. The van der Waals surface area contributed by atoms with Crippen molar-refractivity contribution in [3.05, 3.63) is 71.3 Å². The zero-order chi connectivity index (χ0) is 16.8. The van der Waals surface area contributed by atoms with Crippen LogP contribution < -0.4 is 5.32 Å². The highest BCUT2D eigenvalue weighted by molar-refractivity contribution is 5.20. The summed E-state index contributed by atoms with van der Waals surface area (Å²) in [5.41, 5.74) is 1.99. The van der Waals surface area contributed by atoms with Gasteiger partial charge in [-0.25, -0.2) is 8.78 Å². The summed E-state index contributed by atoms with van der Waals surface area (Å²) in [5, 5.41) is 3.37. The van der Waals surface area contributed by atoms with Gasteiger partial charge in [0.15, 0.2) is 11.6 Å². The highest BCUT2D eigenvalue weighted by Gasteiger charge is 2.22. The van der Waals surface area contributed by atoms with Crippen LogP contribution in [0.2, 0.25) is 0 Å². The van der Waals surface area contributed by atoms with Crippen molar-refractivity contribution in [2.75, 3.05) is 32.8 Å². The third-order valence-corrected chi connectivity index (χ3v) is 4.32. The zero-order valence-electron chi connectivity index (χ0n) is 13.6. The quantitative estimate of drug-likeness (QED) is 0.880. The molecule has 3 rings (SSSR count). The lowest BCUT2D eigenvalue weighted by atomic mass is 10.0. The number of hydrogen-bond acceptors (Lipinski definition) is 3. The van der Waals surface area contributed by atoms with Crippen LogP contribution in [0.3, 0.4) is 0 Å². The smallest absolute Gasteiger partial charge is 0.159 e. The Labute approximate surface area is 141 Å². The van der Waals surface area contributed by atoms with Crippen LogP contribution in [0, 0.1) is 11.6 Å². The number of nitrogens with one attached hydrogen (secondary N) is 1. The Morgan fingerprint density at radius 3 is 2.46 bits per heavy atom. The van der Waals surface area contributed by atoms with E-state index in [1.54, 1.807) is 6.07 Å². The molecule has 1 fully saturated rings. The van der Waals surface area contributed by atoms with Crippen molar-refractivity contribution in [1.29, 1.82) is 0 Å². The summed E-state index contributed by atoms with van der Waals surface area (Å²) in [6.07, 6.45) is 0. The maximum Gasteiger partial charge on any atom is 0.159 e. The molecule has 5 heteroatoms. The van der Waals surface area contributed by atoms with Crippen molar-refractivity contribution in [2.45, 2.75) is 12.6 Å². The summed E-state index contributed by atoms with van der Waals surface area (Å²) >= 11 is 0. The molecular formula is C19H22F2N2O. The van der Waals surface area contributed by atoms with Crippen LogP contribution in [0.15, 0.2) is 48.5 Å². The second kappa shape index (κ2) is 8.33. The van der Waals surface area contributed by atoms with Gasteiger partial charge >= 0.3 is 0 Å². The minimum absolute atomic E-state index is 0.236. The van der Waals surface area contributed by atoms with Crippen molar-refractivity contribution < 1.29 is 13.5 Å². The topological polar surface area (TPSA) is 24.5 Å². The molecule has 24 heavy (non-hydrogen) atoms. The number of halogens is 2. The molecular weight excluding hydrogens is 310 g/mol. The summed E-state index contributed by atoms with van der Waals surface area (Å²) < 4.78 is 31.7. The molecule has 0 bridgehead atoms. The molecule has 2 aromatic carbocycles. The van der Waals surface area contributed by atoms with Gasteiger partial charge in [-0.05, 0) is 23.3 Å². The minimum Gasteiger partial charge on any atom is -0.379 e. The standard InChI is InChI=1S/C19H22F2N2O/c20-17-7-6-15(12-18(17)21)13-22-14-19(16-4-2-1-3-5-16)23-8-10-24-11-9-23/h1-7,12,19,22H,8-11,13-14H2. The fourth-order valence-electron chi connectivity index (χ4n) is 3.02. The lowest BCUT2D eigenvalue weighted by Crippen LogP contribution is -2.42. The molecule has 1 atom stereocenters. The molecule has 1 N–H and O–H groups in total. The van der Waals surface area contributed by atoms with Crippen LogP contribution in [-0.4, -0.2) is 37.7 Å². The number of nitrogens with zero attached hydrogens (tertiary/aromatic N) is 1. The summed E-state index contributed by atoms with van der Waals surface area (Å²) in [5.74, 6) is -1.61. The van der Waals surface area contributed by atoms with Crippen molar-refractivity contribution in [2.24, 2.45) is 0 Å². The Kier molecular flexibility index (Phi) is 5.91. The Hall–Kier alpha value is -1.82. The predicted octanol–water partition coefficient (Wildman–Crippen LogP) is 3.13. The zero-order valence-corrected chi connectivity index (χ0v) is 13.6. The largest absolute Gasteiger partial charge is 0.379 e. The van der Waals surface area contributed by atoms with Crippen LogP contribution in [0.4, 0.5) is 8.78 Å². The molecule has 3 nitrogen and oxygen atoms in total. The third-order valence-electron chi connectivity index (χ3n) is 4.32. The second-order valence-corrected chi connectivity index (χ2v) is 5.95. The molecule has 1 saturated heterocycles. The summed E-state index contributed by atoms with van der Waals surface area (Å²) in [6.45, 7) is 4.52. The molecule has 0 spiro atoms. The average molecular weight is 332 g/mol. The van der Waals surface area contributed by atoms with Gasteiger partial charge in [-0.15, -0.1) is 0 Å². The van der Waals surface area contributed by atoms with Gasteiger partial charge in [0.25, 0.3) is 0 Å². The van der Waals surface area contributed by atoms with E-state index >= 15 is 0 Å². The maximum absolute atomic E-state index is 13.3. The maximum atomic E-state index is 13.3. The van der Waals surface area contributed by atoms with Gasteiger partial charge < -0.3 is 10.1 Å². The van der Waals surface area contributed by atoms with Gasteiger partial charge in [0.05, 0.1) is 13.2 Å². The highest BCUT2D eigenvalue weighted by Crippen LogP contribution is 2.21. The van der Waals surface area contributed by atoms with E-state index in [0.29, 0.717) is 6.54 Å². The normalized spacial score (nSPS) is 16.9. The molecule has 1 aliphatic rings. The van der Waals surface area contributed by atoms with Crippen molar-refractivity contribution in [1.82, 2.24) is 10.2 Å². The number of rotatable bonds is 6. The summed E-state index contributed by atoms with van der Waals surface area (Å²) in [6, 6.07) is 14.6. The van der Waals surface area contributed by atoms with Gasteiger partial charge in [-0.1, -0.05) is 36.4 Å². The van der Waals surface area contributed by atoms with E-state index < -0.39 is 11.6 Å². The molecule has 1 aliphatic heterocycles.